The Kier molecular flexibility index (Phi) is 6.75. The molecule has 1 aliphatic rings. The molecule has 0 unspecified atom stereocenters. The van der Waals surface area contributed by atoms with Crippen LogP contribution in [0.4, 0.5) is 14.5 Å². The highest BCUT2D eigenvalue weighted by atomic mass is 35.5. The molecule has 1 heterocycles. The lowest BCUT2D eigenvalue weighted by Gasteiger charge is -2.33. The van der Waals surface area contributed by atoms with E-state index in [9.17, 15) is 22.0 Å². The average Bonchev–Trinajstić information content (AvgIpc) is 2.67. The van der Waals surface area contributed by atoms with Gasteiger partial charge in [-0.05, 0) is 24.3 Å². The molecule has 0 saturated carbocycles. The summed E-state index contributed by atoms with van der Waals surface area (Å²) in [5.41, 5.74) is -0.244. The van der Waals surface area contributed by atoms with Gasteiger partial charge in [-0.15, -0.1) is 0 Å². The van der Waals surface area contributed by atoms with Crippen LogP contribution < -0.4 is 5.32 Å². The van der Waals surface area contributed by atoms with Crippen molar-refractivity contribution in [2.45, 2.75) is 4.90 Å². The molecule has 0 bridgehead atoms. The number of carbonyl (C=O) groups excluding carboxylic acids is 1. The first-order valence-corrected chi connectivity index (χ1v) is 10.8. The molecule has 1 N–H and O–H groups in total. The van der Waals surface area contributed by atoms with Gasteiger partial charge in [-0.2, -0.15) is 4.31 Å². The summed E-state index contributed by atoms with van der Waals surface area (Å²) in [5, 5.41) is 2.43. The maximum Gasteiger partial charge on any atom is 0.244 e. The molecule has 0 radical (unpaired) electrons. The van der Waals surface area contributed by atoms with E-state index in [1.54, 1.807) is 4.90 Å². The van der Waals surface area contributed by atoms with Gasteiger partial charge in [0.15, 0.2) is 0 Å². The van der Waals surface area contributed by atoms with Gasteiger partial charge in [0.25, 0.3) is 0 Å². The zero-order valence-electron chi connectivity index (χ0n) is 15.0. The molecule has 3 rings (SSSR count). The lowest BCUT2D eigenvalue weighted by molar-refractivity contribution is -0.117. The van der Waals surface area contributed by atoms with Crippen LogP contribution in [-0.4, -0.2) is 56.3 Å². The smallest absolute Gasteiger partial charge is 0.244 e. The summed E-state index contributed by atoms with van der Waals surface area (Å²) in [6, 6.07) is 7.17. The Morgan fingerprint density at radius 1 is 1.07 bits per heavy atom. The van der Waals surface area contributed by atoms with Crippen molar-refractivity contribution in [3.63, 3.8) is 0 Å². The topological polar surface area (TPSA) is 69.7 Å². The predicted molar refractivity (Wildman–Crippen MR) is 107 cm³/mol. The molecular weight excluding hydrogens is 447 g/mol. The number of benzene rings is 2. The fraction of sp³-hybridized carbons (Fsp3) is 0.278. The molecule has 156 valence electrons. The lowest BCUT2D eigenvalue weighted by Crippen LogP contribution is -2.50. The lowest BCUT2D eigenvalue weighted by atomic mass is 10.3. The fourth-order valence-corrected chi connectivity index (χ4v) is 5.09. The minimum Gasteiger partial charge on any atom is -0.322 e. The number of sulfonamides is 1. The van der Waals surface area contributed by atoms with Crippen LogP contribution in [0.1, 0.15) is 0 Å². The summed E-state index contributed by atoms with van der Waals surface area (Å²) in [6.45, 7) is 0.786. The molecule has 0 aromatic heterocycles. The van der Waals surface area contributed by atoms with E-state index in [1.807, 2.05) is 0 Å². The van der Waals surface area contributed by atoms with Gasteiger partial charge < -0.3 is 5.32 Å². The molecule has 2 aromatic rings. The Bertz CT molecular complexity index is 1030. The number of nitrogens with zero attached hydrogens (tertiary/aromatic N) is 2. The summed E-state index contributed by atoms with van der Waals surface area (Å²) < 4.78 is 53.7. The molecule has 1 saturated heterocycles. The van der Waals surface area contributed by atoms with Crippen LogP contribution in [0.15, 0.2) is 41.3 Å². The molecule has 29 heavy (non-hydrogen) atoms. The second-order valence-corrected chi connectivity index (χ2v) is 9.10. The van der Waals surface area contributed by atoms with E-state index in [2.05, 4.69) is 5.32 Å². The van der Waals surface area contributed by atoms with E-state index in [1.165, 1.54) is 22.5 Å². The molecule has 6 nitrogen and oxygen atoms in total. The summed E-state index contributed by atoms with van der Waals surface area (Å²) in [5.74, 6) is -1.93. The van der Waals surface area contributed by atoms with Gasteiger partial charge in [-0.3, -0.25) is 9.69 Å². The molecule has 0 spiro atoms. The van der Waals surface area contributed by atoms with Crippen molar-refractivity contribution in [3.05, 3.63) is 58.1 Å². The number of nitrogens with one attached hydrogen (secondary N) is 1. The average molecular weight is 464 g/mol. The molecule has 11 heteroatoms. The second-order valence-electron chi connectivity index (χ2n) is 6.40. The normalized spacial score (nSPS) is 16.0. The van der Waals surface area contributed by atoms with Crippen LogP contribution in [0.25, 0.3) is 0 Å². The molecule has 1 aliphatic heterocycles. The summed E-state index contributed by atoms with van der Waals surface area (Å²) in [6.07, 6.45) is 0. The van der Waals surface area contributed by atoms with Gasteiger partial charge in [0.1, 0.15) is 16.5 Å². The Hall–Kier alpha value is -1.78. The van der Waals surface area contributed by atoms with Gasteiger partial charge in [0, 0.05) is 32.2 Å². The van der Waals surface area contributed by atoms with Crippen LogP contribution >= 0.6 is 23.2 Å². The number of rotatable bonds is 5. The summed E-state index contributed by atoms with van der Waals surface area (Å²) in [7, 11) is -3.83. The highest BCUT2D eigenvalue weighted by molar-refractivity contribution is 7.89. The van der Waals surface area contributed by atoms with Crippen LogP contribution in [-0.2, 0) is 14.8 Å². The molecule has 0 aliphatic carbocycles. The third-order valence-electron chi connectivity index (χ3n) is 4.43. The van der Waals surface area contributed by atoms with E-state index in [0.29, 0.717) is 0 Å². The molecule has 1 amide bonds. The molecule has 1 fully saturated rings. The summed E-state index contributed by atoms with van der Waals surface area (Å²) in [4.78, 5) is 13.8. The maximum atomic E-state index is 13.6. The van der Waals surface area contributed by atoms with Crippen LogP contribution in [0.5, 0.6) is 0 Å². The predicted octanol–water partition coefficient (Wildman–Crippen LogP) is 3.22. The molecule has 2 aromatic carbocycles. The summed E-state index contributed by atoms with van der Waals surface area (Å²) >= 11 is 11.9. The monoisotopic (exact) mass is 463 g/mol. The van der Waals surface area contributed by atoms with Crippen molar-refractivity contribution in [1.29, 1.82) is 0 Å². The first kappa shape index (κ1) is 21.9. The highest BCUT2D eigenvalue weighted by Crippen LogP contribution is 2.31. The number of hydrogen-bond acceptors (Lipinski definition) is 4. The number of anilines is 1. The Labute approximate surface area is 177 Å². The van der Waals surface area contributed by atoms with Gasteiger partial charge >= 0.3 is 0 Å². The Morgan fingerprint density at radius 3 is 2.45 bits per heavy atom. The van der Waals surface area contributed by atoms with Gasteiger partial charge in [0.2, 0.25) is 15.9 Å². The van der Waals surface area contributed by atoms with Crippen molar-refractivity contribution >= 4 is 44.8 Å². The van der Waals surface area contributed by atoms with Crippen molar-refractivity contribution in [3.8, 4) is 0 Å². The first-order chi connectivity index (χ1) is 13.7. The van der Waals surface area contributed by atoms with Crippen LogP contribution in [0, 0.1) is 11.6 Å². The quantitative estimate of drug-likeness (QED) is 0.738. The van der Waals surface area contributed by atoms with Crippen molar-refractivity contribution < 1.29 is 22.0 Å². The van der Waals surface area contributed by atoms with E-state index in [0.717, 1.165) is 18.2 Å². The number of carbonyl (C=O) groups is 1. The highest BCUT2D eigenvalue weighted by Gasteiger charge is 2.31. The fourth-order valence-electron chi connectivity index (χ4n) is 2.94. The number of piperazine rings is 1. The molecule has 0 atom stereocenters. The van der Waals surface area contributed by atoms with Gasteiger partial charge in [0.05, 0.1) is 22.3 Å². The molecular formula is C18H17Cl2F2N3O3S. The van der Waals surface area contributed by atoms with Gasteiger partial charge in [-0.25, -0.2) is 17.2 Å². The van der Waals surface area contributed by atoms with E-state index >= 15 is 0 Å². The number of hydrogen-bond donors (Lipinski definition) is 1. The van der Waals surface area contributed by atoms with E-state index in [4.69, 9.17) is 23.2 Å². The maximum absolute atomic E-state index is 13.6. The standard InChI is InChI=1S/C18H17Cl2F2N3O3S/c19-13-2-1-3-16(18(13)20)29(27,28)25-8-6-24(7-9-25)11-17(26)23-15-10-12(21)4-5-14(15)22/h1-5,10H,6-9,11H2,(H,23,26). The van der Waals surface area contributed by atoms with Crippen LogP contribution in [0.2, 0.25) is 10.0 Å². The first-order valence-electron chi connectivity index (χ1n) is 8.60. The third-order valence-corrected chi connectivity index (χ3v) is 7.31. The van der Waals surface area contributed by atoms with Crippen LogP contribution in [0.3, 0.4) is 0 Å². The zero-order valence-corrected chi connectivity index (χ0v) is 17.4. The Morgan fingerprint density at radius 2 is 1.76 bits per heavy atom. The zero-order chi connectivity index (χ0) is 21.2. The SMILES string of the molecule is O=C(CN1CCN(S(=O)(=O)c2cccc(Cl)c2Cl)CC1)Nc1cc(F)ccc1F. The number of amides is 1. The third kappa shape index (κ3) is 5.04. The second kappa shape index (κ2) is 8.93. The van der Waals surface area contributed by atoms with E-state index in [-0.39, 0.29) is 53.4 Å². The minimum atomic E-state index is -3.83. The van der Waals surface area contributed by atoms with Crippen molar-refractivity contribution in [1.82, 2.24) is 9.21 Å². The van der Waals surface area contributed by atoms with Gasteiger partial charge in [-0.1, -0.05) is 29.3 Å². The largest absolute Gasteiger partial charge is 0.322 e. The van der Waals surface area contributed by atoms with E-state index < -0.39 is 27.6 Å². The van der Waals surface area contributed by atoms with Crippen molar-refractivity contribution in [2.24, 2.45) is 0 Å². The minimum absolute atomic E-state index is 0.0342. The van der Waals surface area contributed by atoms with Crippen molar-refractivity contribution in [2.75, 3.05) is 38.0 Å². The Balaban J connectivity index is 1.59. The number of halogens is 4.